The molecule has 1 fully saturated rings. The van der Waals surface area contributed by atoms with Gasteiger partial charge >= 0.3 is 11.9 Å². The number of hydrogen-bond donors (Lipinski definition) is 2. The Morgan fingerprint density at radius 1 is 1.05 bits per heavy atom. The van der Waals surface area contributed by atoms with Crippen molar-refractivity contribution in [2.75, 3.05) is 12.3 Å². The summed E-state index contributed by atoms with van der Waals surface area (Å²) in [7, 11) is 0. The van der Waals surface area contributed by atoms with Gasteiger partial charge in [-0.2, -0.15) is 9.99 Å². The van der Waals surface area contributed by atoms with Crippen LogP contribution >= 0.6 is 0 Å². The van der Waals surface area contributed by atoms with Crippen LogP contribution in [0.2, 0.25) is 0 Å². The van der Waals surface area contributed by atoms with Crippen LogP contribution in [0.5, 0.6) is 0 Å². The minimum atomic E-state index is -2.75. The normalized spacial score (nSPS) is 24.8. The molecule has 1 saturated heterocycles. The molecule has 196 valence electrons. The van der Waals surface area contributed by atoms with E-state index in [9.17, 15) is 14.7 Å². The monoisotopic (exact) mass is 522 g/mol. The van der Waals surface area contributed by atoms with Crippen LogP contribution in [-0.2, 0) is 25.0 Å². The van der Waals surface area contributed by atoms with Crippen LogP contribution in [0, 0.1) is 0 Å². The van der Waals surface area contributed by atoms with Crippen LogP contribution in [0.1, 0.15) is 33.3 Å². The number of nitrogen functional groups attached to an aromatic ring is 1. The van der Waals surface area contributed by atoms with Gasteiger partial charge in [0.1, 0.15) is 30.2 Å². The van der Waals surface area contributed by atoms with Gasteiger partial charge in [0, 0.05) is 0 Å². The summed E-state index contributed by atoms with van der Waals surface area (Å²) in [5, 5.41) is 15.6. The number of hydrogen-bond acceptors (Lipinski definition) is 10. The zero-order valence-corrected chi connectivity index (χ0v) is 20.1. The summed E-state index contributed by atoms with van der Waals surface area (Å²) in [5.74, 6) is -4.20. The molecule has 0 bridgehead atoms. The van der Waals surface area contributed by atoms with Crippen LogP contribution in [0.15, 0.2) is 79.1 Å². The molecule has 4 atom stereocenters. The van der Waals surface area contributed by atoms with E-state index in [1.54, 1.807) is 48.5 Å². The predicted octanol–water partition coefficient (Wildman–Crippen LogP) is 2.60. The summed E-state index contributed by atoms with van der Waals surface area (Å²) in [6.07, 6.45) is -2.00. The van der Waals surface area contributed by atoms with Crippen LogP contribution in [0.3, 0.4) is 0 Å². The Balaban J connectivity index is 1.45. The SMILES string of the molecule is C[C@@]1(F)[C@H](OOC(=O)c2ccccc2)[C@@H](COC(=O)c2ccccc2)OC1(O)c1ccc2c(N)ncnn12. The number of alkyl halides is 1. The molecular weight excluding hydrogens is 499 g/mol. The van der Waals surface area contributed by atoms with Crippen LogP contribution in [-0.4, -0.2) is 56.1 Å². The molecule has 0 saturated carbocycles. The molecular formula is C26H23FN4O7. The van der Waals surface area contributed by atoms with Gasteiger partial charge in [0.05, 0.1) is 11.1 Å². The lowest BCUT2D eigenvalue weighted by molar-refractivity contribution is -0.306. The van der Waals surface area contributed by atoms with E-state index in [2.05, 4.69) is 10.1 Å². The fourth-order valence-corrected chi connectivity index (χ4v) is 4.27. The van der Waals surface area contributed by atoms with E-state index < -0.39 is 42.2 Å². The Morgan fingerprint density at radius 2 is 1.68 bits per heavy atom. The maximum atomic E-state index is 16.5. The van der Waals surface area contributed by atoms with Gasteiger partial charge in [-0.15, -0.1) is 0 Å². The lowest BCUT2D eigenvalue weighted by Gasteiger charge is -2.32. The molecule has 3 N–H and O–H groups in total. The molecule has 1 aliphatic rings. The Morgan fingerprint density at radius 3 is 2.34 bits per heavy atom. The molecule has 3 heterocycles. The number of esters is 1. The van der Waals surface area contributed by atoms with Gasteiger partial charge in [-0.25, -0.2) is 23.5 Å². The highest BCUT2D eigenvalue weighted by atomic mass is 19.1. The van der Waals surface area contributed by atoms with Gasteiger partial charge < -0.3 is 20.3 Å². The largest absolute Gasteiger partial charge is 0.459 e. The van der Waals surface area contributed by atoms with Crippen molar-refractivity contribution >= 4 is 23.3 Å². The number of nitrogens with zero attached hydrogens (tertiary/aromatic N) is 3. The minimum Gasteiger partial charge on any atom is -0.459 e. The maximum absolute atomic E-state index is 16.5. The highest BCUT2D eigenvalue weighted by molar-refractivity contribution is 5.89. The van der Waals surface area contributed by atoms with E-state index in [-0.39, 0.29) is 22.6 Å². The lowest BCUT2D eigenvalue weighted by Crippen LogP contribution is -2.50. The summed E-state index contributed by atoms with van der Waals surface area (Å²) < 4.78 is 28.8. The van der Waals surface area contributed by atoms with E-state index in [4.69, 9.17) is 25.0 Å². The molecule has 0 radical (unpaired) electrons. The van der Waals surface area contributed by atoms with Crippen molar-refractivity contribution < 1.29 is 38.3 Å². The first-order valence-electron chi connectivity index (χ1n) is 11.5. The number of fused-ring (bicyclic) bond motifs is 1. The number of carbonyl (C=O) groups excluding carboxylic acids is 2. The van der Waals surface area contributed by atoms with Crippen molar-refractivity contribution in [3.63, 3.8) is 0 Å². The first kappa shape index (κ1) is 25.3. The molecule has 12 heteroatoms. The van der Waals surface area contributed by atoms with Crippen molar-refractivity contribution in [1.29, 1.82) is 0 Å². The maximum Gasteiger partial charge on any atom is 0.373 e. The predicted molar refractivity (Wildman–Crippen MR) is 129 cm³/mol. The highest BCUT2D eigenvalue weighted by Gasteiger charge is 2.68. The van der Waals surface area contributed by atoms with Crippen molar-refractivity contribution in [2.24, 2.45) is 0 Å². The van der Waals surface area contributed by atoms with E-state index in [0.717, 1.165) is 13.3 Å². The van der Waals surface area contributed by atoms with Crippen LogP contribution in [0.25, 0.3) is 5.52 Å². The van der Waals surface area contributed by atoms with Crippen molar-refractivity contribution in [3.05, 3.63) is 95.9 Å². The van der Waals surface area contributed by atoms with Crippen molar-refractivity contribution in [2.45, 2.75) is 30.6 Å². The lowest BCUT2D eigenvalue weighted by atomic mass is 9.90. The Hall–Kier alpha value is -4.39. The molecule has 5 rings (SSSR count). The van der Waals surface area contributed by atoms with Gasteiger partial charge in [-0.05, 0) is 43.3 Å². The number of aliphatic hydroxyl groups is 1. The average molecular weight is 522 g/mol. The first-order valence-corrected chi connectivity index (χ1v) is 11.5. The van der Waals surface area contributed by atoms with Crippen LogP contribution < -0.4 is 5.73 Å². The molecule has 2 aromatic carbocycles. The number of nitrogens with two attached hydrogens (primary N) is 1. The summed E-state index contributed by atoms with van der Waals surface area (Å²) in [6.45, 7) is 0.473. The molecule has 1 aliphatic heterocycles. The topological polar surface area (TPSA) is 147 Å². The molecule has 4 aromatic rings. The van der Waals surface area contributed by atoms with Gasteiger partial charge in [-0.1, -0.05) is 36.4 Å². The number of rotatable bonds is 7. The molecule has 1 unspecified atom stereocenters. The second-order valence-electron chi connectivity index (χ2n) is 8.75. The van der Waals surface area contributed by atoms with E-state index in [1.807, 2.05) is 0 Å². The third-order valence-corrected chi connectivity index (χ3v) is 6.31. The molecule has 2 aromatic heterocycles. The van der Waals surface area contributed by atoms with Crippen molar-refractivity contribution in [1.82, 2.24) is 14.6 Å². The Kier molecular flexibility index (Phi) is 6.53. The Bertz CT molecular complexity index is 1460. The van der Waals surface area contributed by atoms with Crippen LogP contribution in [0.4, 0.5) is 10.2 Å². The second kappa shape index (κ2) is 9.82. The van der Waals surface area contributed by atoms with Gasteiger partial charge in [0.2, 0.25) is 5.79 Å². The molecule has 11 nitrogen and oxygen atoms in total. The molecule has 38 heavy (non-hydrogen) atoms. The number of ether oxygens (including phenoxy) is 2. The number of halogens is 1. The minimum absolute atomic E-state index is 0.0892. The standard InChI is InChI=1S/C26H23FN4O7/c1-25(27)21(37-38-24(33)17-10-6-3-7-11-17)19(14-35-23(32)16-8-4-2-5-9-16)36-26(25,34)20-13-12-18-22(28)29-15-30-31(18)20/h2-13,15,19,21,34H,14H2,1H3,(H2,28,29,30)/t19-,21-,25-,26?/m1/s1. The smallest absolute Gasteiger partial charge is 0.373 e. The summed E-state index contributed by atoms with van der Waals surface area (Å²) in [4.78, 5) is 39.1. The second-order valence-corrected chi connectivity index (χ2v) is 8.75. The quantitative estimate of drug-likeness (QED) is 0.211. The zero-order valence-electron chi connectivity index (χ0n) is 20.1. The summed E-state index contributed by atoms with van der Waals surface area (Å²) >= 11 is 0. The molecule has 0 spiro atoms. The summed E-state index contributed by atoms with van der Waals surface area (Å²) in [5.41, 5.74) is 3.69. The molecule has 0 amide bonds. The fraction of sp³-hybridized carbons (Fsp3) is 0.231. The first-order chi connectivity index (χ1) is 18.2. The average Bonchev–Trinajstić information content (AvgIpc) is 3.45. The van der Waals surface area contributed by atoms with E-state index in [0.29, 0.717) is 5.52 Å². The fourth-order valence-electron chi connectivity index (χ4n) is 4.27. The number of aromatic nitrogens is 3. The zero-order chi connectivity index (χ0) is 26.9. The third kappa shape index (κ3) is 4.34. The number of anilines is 1. The summed E-state index contributed by atoms with van der Waals surface area (Å²) in [6, 6.07) is 18.9. The molecule has 0 aliphatic carbocycles. The van der Waals surface area contributed by atoms with Gasteiger partial charge in [0.15, 0.2) is 17.6 Å². The highest BCUT2D eigenvalue weighted by Crippen LogP contribution is 2.49. The Labute approximate surface area is 215 Å². The van der Waals surface area contributed by atoms with Crippen molar-refractivity contribution in [3.8, 4) is 0 Å². The van der Waals surface area contributed by atoms with E-state index >= 15 is 4.39 Å². The number of carbonyl (C=O) groups is 2. The third-order valence-electron chi connectivity index (χ3n) is 6.31. The van der Waals surface area contributed by atoms with E-state index in [1.165, 1.54) is 28.8 Å². The van der Waals surface area contributed by atoms with Gasteiger partial charge in [-0.3, -0.25) is 4.89 Å². The number of benzene rings is 2. The van der Waals surface area contributed by atoms with Gasteiger partial charge in [0.25, 0.3) is 0 Å².